The van der Waals surface area contributed by atoms with Crippen molar-refractivity contribution in [3.63, 3.8) is 0 Å². The van der Waals surface area contributed by atoms with Gasteiger partial charge in [0.1, 0.15) is 31.0 Å². The largest absolute Gasteiger partial charge is 0.462 e. The molecule has 1 aliphatic heterocycles. The first-order valence-electron chi connectivity index (χ1n) is 19.1. The lowest BCUT2D eigenvalue weighted by molar-refractivity contribution is -0.305. The smallest absolute Gasteiger partial charge is 0.306 e. The molecule has 4 N–H and O–H groups in total. The van der Waals surface area contributed by atoms with Crippen LogP contribution in [0.4, 0.5) is 0 Å². The molecule has 0 aliphatic carbocycles. The monoisotopic (exact) mass is 674 g/mol. The van der Waals surface area contributed by atoms with Gasteiger partial charge in [-0.2, -0.15) is 0 Å². The number of esters is 2. The highest BCUT2D eigenvalue weighted by Crippen LogP contribution is 2.22. The number of rotatable bonds is 31. The topological polar surface area (TPSA) is 152 Å². The Balaban J connectivity index is 2.38. The van der Waals surface area contributed by atoms with Gasteiger partial charge in [0.15, 0.2) is 12.4 Å². The Morgan fingerprint density at radius 3 is 1.45 bits per heavy atom. The van der Waals surface area contributed by atoms with Gasteiger partial charge in [-0.3, -0.25) is 9.59 Å². The molecule has 0 saturated carbocycles. The molecule has 1 rings (SSSR count). The van der Waals surface area contributed by atoms with Gasteiger partial charge in [-0.15, -0.1) is 0 Å². The summed E-state index contributed by atoms with van der Waals surface area (Å²) in [7, 11) is 0. The van der Waals surface area contributed by atoms with E-state index >= 15 is 0 Å². The number of carbonyl (C=O) groups is 2. The van der Waals surface area contributed by atoms with Crippen LogP contribution in [0.5, 0.6) is 0 Å². The Morgan fingerprint density at radius 2 is 1.00 bits per heavy atom. The van der Waals surface area contributed by atoms with Crippen LogP contribution in [0.1, 0.15) is 168 Å². The summed E-state index contributed by atoms with van der Waals surface area (Å²) in [6.07, 6.45) is 18.4. The maximum atomic E-state index is 12.6. The van der Waals surface area contributed by atoms with Gasteiger partial charge >= 0.3 is 11.9 Å². The standard InChI is InChI=1S/C37H70O10/c1-3-5-7-9-11-13-14-15-16-18-19-21-23-25-32(39)44-28-30(29-45-37-36(43)35(42)34(41)31(27-38)47-37)46-33(40)26-24-22-20-17-12-10-8-6-4-2/h30-31,34-38,41-43H,3-29H2,1-2H3/t30-,31-,34+,35+,36-,37-/m1/s1. The molecule has 1 aliphatic rings. The van der Waals surface area contributed by atoms with Crippen LogP contribution in [0.25, 0.3) is 0 Å². The number of aliphatic hydroxyl groups is 4. The predicted molar refractivity (Wildman–Crippen MR) is 183 cm³/mol. The minimum absolute atomic E-state index is 0.210. The van der Waals surface area contributed by atoms with Gasteiger partial charge in [-0.1, -0.05) is 142 Å². The first kappa shape index (κ1) is 43.7. The van der Waals surface area contributed by atoms with E-state index in [1.165, 1.54) is 96.3 Å². The van der Waals surface area contributed by atoms with Crippen LogP contribution in [0.3, 0.4) is 0 Å². The van der Waals surface area contributed by atoms with Gasteiger partial charge in [0.05, 0.1) is 13.2 Å². The van der Waals surface area contributed by atoms with Gasteiger partial charge in [0, 0.05) is 12.8 Å². The third kappa shape index (κ3) is 22.1. The van der Waals surface area contributed by atoms with Crippen LogP contribution in [-0.2, 0) is 28.5 Å². The summed E-state index contributed by atoms with van der Waals surface area (Å²) in [5.74, 6) is -0.802. The number of carbonyl (C=O) groups excluding carboxylic acids is 2. The molecule has 0 radical (unpaired) electrons. The van der Waals surface area contributed by atoms with E-state index in [-0.39, 0.29) is 32.0 Å². The minimum Gasteiger partial charge on any atom is -0.462 e. The van der Waals surface area contributed by atoms with Gasteiger partial charge in [0.2, 0.25) is 0 Å². The Labute approximate surface area is 285 Å². The normalized spacial score (nSPS) is 21.9. The summed E-state index contributed by atoms with van der Waals surface area (Å²) < 4.78 is 22.0. The first-order valence-corrected chi connectivity index (χ1v) is 19.1. The maximum absolute atomic E-state index is 12.6. The van der Waals surface area contributed by atoms with Crippen molar-refractivity contribution in [2.45, 2.75) is 205 Å². The molecule has 1 saturated heterocycles. The number of aliphatic hydroxyl groups excluding tert-OH is 4. The Bertz CT molecular complexity index is 749. The summed E-state index contributed by atoms with van der Waals surface area (Å²) in [6.45, 7) is 3.39. The van der Waals surface area contributed by atoms with E-state index in [4.69, 9.17) is 18.9 Å². The van der Waals surface area contributed by atoms with Crippen molar-refractivity contribution in [1.29, 1.82) is 0 Å². The fourth-order valence-electron chi connectivity index (χ4n) is 5.89. The van der Waals surface area contributed by atoms with Gasteiger partial charge in [-0.25, -0.2) is 0 Å². The van der Waals surface area contributed by atoms with Crippen molar-refractivity contribution in [3.8, 4) is 0 Å². The molecular formula is C37H70O10. The number of ether oxygens (including phenoxy) is 4. The lowest BCUT2D eigenvalue weighted by Gasteiger charge is -2.39. The zero-order valence-electron chi connectivity index (χ0n) is 29.8. The molecule has 0 spiro atoms. The maximum Gasteiger partial charge on any atom is 0.306 e. The van der Waals surface area contributed by atoms with Crippen LogP contribution in [0.15, 0.2) is 0 Å². The Kier molecular flexibility index (Phi) is 27.5. The molecule has 47 heavy (non-hydrogen) atoms. The predicted octanol–water partition coefficient (Wildman–Crippen LogP) is 6.66. The lowest BCUT2D eigenvalue weighted by Crippen LogP contribution is -2.59. The van der Waals surface area contributed by atoms with Crippen LogP contribution >= 0.6 is 0 Å². The van der Waals surface area contributed by atoms with E-state index < -0.39 is 49.4 Å². The molecule has 0 aromatic rings. The van der Waals surface area contributed by atoms with Crippen molar-refractivity contribution >= 4 is 11.9 Å². The minimum atomic E-state index is -1.59. The zero-order valence-corrected chi connectivity index (χ0v) is 29.8. The van der Waals surface area contributed by atoms with Crippen molar-refractivity contribution in [3.05, 3.63) is 0 Å². The van der Waals surface area contributed by atoms with Crippen LogP contribution < -0.4 is 0 Å². The van der Waals surface area contributed by atoms with Gasteiger partial charge < -0.3 is 39.4 Å². The molecule has 0 amide bonds. The van der Waals surface area contributed by atoms with Crippen LogP contribution in [0.2, 0.25) is 0 Å². The molecule has 1 heterocycles. The summed E-state index contributed by atoms with van der Waals surface area (Å²) in [5, 5.41) is 39.8. The second-order valence-electron chi connectivity index (χ2n) is 13.4. The Morgan fingerprint density at radius 1 is 0.574 bits per heavy atom. The van der Waals surface area contributed by atoms with E-state index in [1.807, 2.05) is 0 Å². The molecule has 6 atom stereocenters. The summed E-state index contributed by atoms with van der Waals surface area (Å²) >= 11 is 0. The fraction of sp³-hybridized carbons (Fsp3) is 0.946. The van der Waals surface area contributed by atoms with Crippen molar-refractivity contribution in [1.82, 2.24) is 0 Å². The van der Waals surface area contributed by atoms with E-state index in [0.29, 0.717) is 6.42 Å². The highest BCUT2D eigenvalue weighted by Gasteiger charge is 2.44. The number of hydrogen-bond acceptors (Lipinski definition) is 10. The average Bonchev–Trinajstić information content (AvgIpc) is 3.06. The van der Waals surface area contributed by atoms with Crippen molar-refractivity contribution in [2.75, 3.05) is 19.8 Å². The highest BCUT2D eigenvalue weighted by molar-refractivity contribution is 5.70. The molecule has 278 valence electrons. The third-order valence-corrected chi connectivity index (χ3v) is 8.99. The van der Waals surface area contributed by atoms with Crippen molar-refractivity contribution < 1.29 is 49.0 Å². The van der Waals surface area contributed by atoms with E-state index in [9.17, 15) is 30.0 Å². The third-order valence-electron chi connectivity index (χ3n) is 8.99. The molecule has 10 heteroatoms. The number of hydrogen-bond donors (Lipinski definition) is 4. The second-order valence-corrected chi connectivity index (χ2v) is 13.4. The van der Waals surface area contributed by atoms with Crippen LogP contribution in [-0.4, -0.2) is 89.0 Å². The molecule has 0 aromatic carbocycles. The molecule has 0 bridgehead atoms. The van der Waals surface area contributed by atoms with E-state index in [2.05, 4.69) is 13.8 Å². The molecular weight excluding hydrogens is 604 g/mol. The second kappa shape index (κ2) is 29.6. The zero-order chi connectivity index (χ0) is 34.5. The van der Waals surface area contributed by atoms with Crippen LogP contribution in [0, 0.1) is 0 Å². The van der Waals surface area contributed by atoms with Crippen molar-refractivity contribution in [2.24, 2.45) is 0 Å². The first-order chi connectivity index (χ1) is 22.8. The molecule has 0 unspecified atom stereocenters. The SMILES string of the molecule is CCCCCCCCCCCCCCCC(=O)OC[C@H](CO[C@@H]1O[C@H](CO)[C@H](O)[C@H](O)[C@H]1O)OC(=O)CCCCCCCCCCC. The van der Waals surface area contributed by atoms with E-state index in [0.717, 1.165) is 38.5 Å². The quantitative estimate of drug-likeness (QED) is 0.0464. The average molecular weight is 675 g/mol. The fourth-order valence-corrected chi connectivity index (χ4v) is 5.89. The highest BCUT2D eigenvalue weighted by atomic mass is 16.7. The molecule has 1 fully saturated rings. The number of unbranched alkanes of at least 4 members (excludes halogenated alkanes) is 20. The molecule has 10 nitrogen and oxygen atoms in total. The summed E-state index contributed by atoms with van der Waals surface area (Å²) in [6, 6.07) is 0. The molecule has 0 aromatic heterocycles. The lowest BCUT2D eigenvalue weighted by atomic mass is 9.99. The Hall–Kier alpha value is -1.30. The van der Waals surface area contributed by atoms with E-state index in [1.54, 1.807) is 0 Å². The summed E-state index contributed by atoms with van der Waals surface area (Å²) in [4.78, 5) is 25.1. The van der Waals surface area contributed by atoms with Gasteiger partial charge in [-0.05, 0) is 12.8 Å². The van der Waals surface area contributed by atoms with Gasteiger partial charge in [0.25, 0.3) is 0 Å². The summed E-state index contributed by atoms with van der Waals surface area (Å²) in [5.41, 5.74) is 0.